The Morgan fingerprint density at radius 2 is 2.00 bits per heavy atom. The summed E-state index contributed by atoms with van der Waals surface area (Å²) in [6, 6.07) is 7.96. The molecule has 2 aromatic carbocycles. The molecule has 0 spiro atoms. The average Bonchev–Trinajstić information content (AvgIpc) is 2.63. The zero-order valence-corrected chi connectivity index (χ0v) is 14.2. The average molecular weight is 354 g/mol. The van der Waals surface area contributed by atoms with Crippen molar-refractivity contribution in [3.8, 4) is 11.5 Å². The van der Waals surface area contributed by atoms with Crippen LogP contribution in [0.1, 0.15) is 21.5 Å². The standard InChI is InChI=1S/C19H18N2O5/c1-3-17(24)26-9-8-13-10-12(2)4-6-15(13)20-21-18-16(23)7-5-14(11-22)19(18)25/h3-7,10-11,23,25H,1,8-9H2,2H3. The molecule has 0 aliphatic carbocycles. The monoisotopic (exact) mass is 354 g/mol. The lowest BCUT2D eigenvalue weighted by molar-refractivity contribution is -0.137. The second-order valence-corrected chi connectivity index (χ2v) is 5.44. The van der Waals surface area contributed by atoms with E-state index in [-0.39, 0.29) is 23.6 Å². The Balaban J connectivity index is 2.29. The van der Waals surface area contributed by atoms with Crippen LogP contribution in [-0.2, 0) is 16.0 Å². The van der Waals surface area contributed by atoms with Gasteiger partial charge in [0, 0.05) is 12.5 Å². The van der Waals surface area contributed by atoms with E-state index in [1.54, 1.807) is 6.07 Å². The largest absolute Gasteiger partial charge is 0.505 e. The van der Waals surface area contributed by atoms with E-state index in [0.717, 1.165) is 17.2 Å². The number of carbonyl (C=O) groups is 2. The van der Waals surface area contributed by atoms with Gasteiger partial charge in [-0.15, -0.1) is 5.11 Å². The number of carbonyl (C=O) groups excluding carboxylic acids is 2. The number of benzene rings is 2. The molecule has 0 saturated heterocycles. The van der Waals surface area contributed by atoms with Crippen molar-refractivity contribution in [3.05, 3.63) is 59.7 Å². The number of esters is 1. The third-order valence-electron chi connectivity index (χ3n) is 3.56. The minimum atomic E-state index is -0.513. The van der Waals surface area contributed by atoms with Crippen LogP contribution < -0.4 is 0 Å². The lowest BCUT2D eigenvalue weighted by Crippen LogP contribution is -2.04. The number of phenolic OH excluding ortho intramolecular Hbond substituents is 2. The van der Waals surface area contributed by atoms with E-state index in [1.165, 1.54) is 12.1 Å². The normalized spacial score (nSPS) is 10.7. The van der Waals surface area contributed by atoms with Gasteiger partial charge in [-0.3, -0.25) is 4.79 Å². The quantitative estimate of drug-likeness (QED) is 0.339. The lowest BCUT2D eigenvalue weighted by Gasteiger charge is -2.07. The molecule has 0 amide bonds. The van der Waals surface area contributed by atoms with Crippen LogP contribution in [0.25, 0.3) is 0 Å². The van der Waals surface area contributed by atoms with Crippen LogP contribution in [0.3, 0.4) is 0 Å². The number of aldehydes is 1. The molecule has 7 heteroatoms. The topological polar surface area (TPSA) is 109 Å². The van der Waals surface area contributed by atoms with Gasteiger partial charge in [-0.05, 0) is 30.7 Å². The Kier molecular flexibility index (Phi) is 6.21. The van der Waals surface area contributed by atoms with E-state index in [0.29, 0.717) is 18.4 Å². The summed E-state index contributed by atoms with van der Waals surface area (Å²) in [5.41, 5.74) is 2.05. The number of hydrogen-bond donors (Lipinski definition) is 2. The Morgan fingerprint density at radius 3 is 2.69 bits per heavy atom. The summed E-state index contributed by atoms with van der Waals surface area (Å²) in [6.07, 6.45) is 1.95. The third-order valence-corrected chi connectivity index (χ3v) is 3.56. The van der Waals surface area contributed by atoms with Crippen molar-refractivity contribution in [2.45, 2.75) is 13.3 Å². The van der Waals surface area contributed by atoms with E-state index in [9.17, 15) is 19.8 Å². The van der Waals surface area contributed by atoms with Crippen LogP contribution in [0.2, 0.25) is 0 Å². The van der Waals surface area contributed by atoms with Gasteiger partial charge in [-0.1, -0.05) is 24.3 Å². The fourth-order valence-corrected chi connectivity index (χ4v) is 2.21. The summed E-state index contributed by atoms with van der Waals surface area (Å²) in [4.78, 5) is 22.0. The summed E-state index contributed by atoms with van der Waals surface area (Å²) in [7, 11) is 0. The van der Waals surface area contributed by atoms with Gasteiger partial charge in [0.15, 0.2) is 17.7 Å². The molecule has 2 rings (SSSR count). The van der Waals surface area contributed by atoms with Gasteiger partial charge < -0.3 is 14.9 Å². The molecule has 26 heavy (non-hydrogen) atoms. The molecule has 134 valence electrons. The predicted molar refractivity (Wildman–Crippen MR) is 95.4 cm³/mol. The Hall–Kier alpha value is -3.48. The van der Waals surface area contributed by atoms with Gasteiger partial charge >= 0.3 is 5.97 Å². The number of nitrogens with zero attached hydrogens (tertiary/aromatic N) is 2. The number of hydrogen-bond acceptors (Lipinski definition) is 7. The van der Waals surface area contributed by atoms with Gasteiger partial charge in [-0.25, -0.2) is 4.79 Å². The first-order valence-electron chi connectivity index (χ1n) is 7.76. The van der Waals surface area contributed by atoms with Gasteiger partial charge in [0.1, 0.15) is 5.75 Å². The summed E-state index contributed by atoms with van der Waals surface area (Å²) in [5, 5.41) is 27.8. The van der Waals surface area contributed by atoms with Crippen molar-refractivity contribution < 1.29 is 24.5 Å². The first-order chi connectivity index (χ1) is 12.5. The number of aryl methyl sites for hydroxylation is 1. The van der Waals surface area contributed by atoms with Crippen LogP contribution in [0, 0.1) is 6.92 Å². The smallest absolute Gasteiger partial charge is 0.330 e. The van der Waals surface area contributed by atoms with Crippen molar-refractivity contribution in [2.24, 2.45) is 10.2 Å². The van der Waals surface area contributed by atoms with Crippen LogP contribution >= 0.6 is 0 Å². The second-order valence-electron chi connectivity index (χ2n) is 5.44. The number of rotatable bonds is 7. The van der Waals surface area contributed by atoms with Crippen molar-refractivity contribution in [2.75, 3.05) is 6.61 Å². The van der Waals surface area contributed by atoms with Gasteiger partial charge in [0.05, 0.1) is 17.9 Å². The Bertz CT molecular complexity index is 874. The molecule has 0 aliphatic heterocycles. The van der Waals surface area contributed by atoms with Crippen molar-refractivity contribution >= 4 is 23.6 Å². The van der Waals surface area contributed by atoms with Gasteiger partial charge in [0.2, 0.25) is 0 Å². The summed E-state index contributed by atoms with van der Waals surface area (Å²) >= 11 is 0. The van der Waals surface area contributed by atoms with E-state index < -0.39 is 11.7 Å². The molecule has 0 aliphatic rings. The highest BCUT2D eigenvalue weighted by atomic mass is 16.5. The summed E-state index contributed by atoms with van der Waals surface area (Å²) in [6.45, 7) is 5.39. The van der Waals surface area contributed by atoms with Gasteiger partial charge in [-0.2, -0.15) is 5.11 Å². The second kappa shape index (κ2) is 8.57. The number of aromatic hydroxyl groups is 2. The molecule has 0 fully saturated rings. The van der Waals surface area contributed by atoms with Crippen LogP contribution in [-0.4, -0.2) is 29.1 Å². The number of azo groups is 1. The highest BCUT2D eigenvalue weighted by Crippen LogP contribution is 2.39. The van der Waals surface area contributed by atoms with Crippen LogP contribution in [0.5, 0.6) is 11.5 Å². The van der Waals surface area contributed by atoms with Gasteiger partial charge in [0.25, 0.3) is 0 Å². The fraction of sp³-hybridized carbons (Fsp3) is 0.158. The molecule has 0 aromatic heterocycles. The van der Waals surface area contributed by atoms with Crippen molar-refractivity contribution in [1.29, 1.82) is 0 Å². The molecule has 7 nitrogen and oxygen atoms in total. The maximum absolute atomic E-state index is 11.1. The predicted octanol–water partition coefficient (Wildman–Crippen LogP) is 3.91. The van der Waals surface area contributed by atoms with Crippen molar-refractivity contribution in [1.82, 2.24) is 0 Å². The SMILES string of the molecule is C=CC(=O)OCCc1cc(C)ccc1N=Nc1c(O)ccc(C=O)c1O. The van der Waals surface area contributed by atoms with E-state index >= 15 is 0 Å². The van der Waals surface area contributed by atoms with E-state index in [1.807, 2.05) is 19.1 Å². The molecular formula is C19H18N2O5. The zero-order chi connectivity index (χ0) is 19.1. The summed E-state index contributed by atoms with van der Waals surface area (Å²) < 4.78 is 4.97. The van der Waals surface area contributed by atoms with Crippen molar-refractivity contribution in [3.63, 3.8) is 0 Å². The first-order valence-corrected chi connectivity index (χ1v) is 7.76. The van der Waals surface area contributed by atoms with E-state index in [2.05, 4.69) is 16.8 Å². The Morgan fingerprint density at radius 1 is 1.23 bits per heavy atom. The molecule has 0 unspecified atom stereocenters. The maximum Gasteiger partial charge on any atom is 0.330 e. The molecular weight excluding hydrogens is 336 g/mol. The molecule has 0 bridgehead atoms. The Labute approximate surface area is 150 Å². The highest BCUT2D eigenvalue weighted by molar-refractivity contribution is 5.84. The fourth-order valence-electron chi connectivity index (χ4n) is 2.21. The number of phenols is 2. The van der Waals surface area contributed by atoms with Crippen LogP contribution in [0.15, 0.2) is 53.2 Å². The summed E-state index contributed by atoms with van der Waals surface area (Å²) in [5.74, 6) is -1.26. The minimum absolute atomic E-state index is 0.00258. The first kappa shape index (κ1) is 18.9. The third kappa shape index (κ3) is 4.54. The highest BCUT2D eigenvalue weighted by Gasteiger charge is 2.12. The molecule has 0 saturated carbocycles. The molecule has 2 N–H and O–H groups in total. The maximum atomic E-state index is 11.1. The molecule has 0 heterocycles. The molecule has 0 radical (unpaired) electrons. The van der Waals surface area contributed by atoms with E-state index in [4.69, 9.17) is 4.74 Å². The molecule has 0 atom stereocenters. The minimum Gasteiger partial charge on any atom is -0.505 e. The number of ether oxygens (including phenoxy) is 1. The molecule has 2 aromatic rings. The van der Waals surface area contributed by atoms with Crippen LogP contribution in [0.4, 0.5) is 11.4 Å². The lowest BCUT2D eigenvalue weighted by atomic mass is 10.1. The zero-order valence-electron chi connectivity index (χ0n) is 14.2.